The van der Waals surface area contributed by atoms with Crippen molar-refractivity contribution in [3.8, 4) is 17.6 Å². The summed E-state index contributed by atoms with van der Waals surface area (Å²) in [4.78, 5) is 0. The molecule has 0 aromatic heterocycles. The molecule has 5 nitrogen and oxygen atoms in total. The van der Waals surface area contributed by atoms with E-state index in [4.69, 9.17) is 20.5 Å². The van der Waals surface area contributed by atoms with Crippen molar-refractivity contribution in [1.82, 2.24) is 0 Å². The van der Waals surface area contributed by atoms with Crippen LogP contribution < -0.4 is 20.5 Å². The van der Waals surface area contributed by atoms with Gasteiger partial charge in [-0.25, -0.2) is 4.39 Å². The fourth-order valence-corrected chi connectivity index (χ4v) is 2.08. The molecule has 106 valence electrons. The van der Waals surface area contributed by atoms with Crippen molar-refractivity contribution in [3.05, 3.63) is 41.7 Å². The van der Waals surface area contributed by atoms with E-state index < -0.39 is 5.82 Å². The second-order valence-electron chi connectivity index (χ2n) is 4.51. The fourth-order valence-electron chi connectivity index (χ4n) is 2.08. The second-order valence-corrected chi connectivity index (χ2v) is 4.51. The lowest BCUT2D eigenvalue weighted by Crippen LogP contribution is -2.15. The van der Waals surface area contributed by atoms with Crippen LogP contribution in [0.5, 0.6) is 11.5 Å². The monoisotopic (exact) mass is 285 g/mol. The van der Waals surface area contributed by atoms with Gasteiger partial charge in [0.25, 0.3) is 0 Å². The maximum Gasteiger partial charge on any atom is 0.163 e. The van der Waals surface area contributed by atoms with Gasteiger partial charge in [0.2, 0.25) is 0 Å². The maximum atomic E-state index is 13.1. The standard InChI is InChI=1S/C15H12FN3O2/c16-10-1-2-12(9(5-10)8-17)19-13-7-15-14(6-11(13)18)20-3-4-21-15/h1-2,5-7,19H,3-4,18H2. The summed E-state index contributed by atoms with van der Waals surface area (Å²) in [6.07, 6.45) is 0. The lowest BCUT2D eigenvalue weighted by atomic mass is 10.1. The van der Waals surface area contributed by atoms with Crippen LogP contribution in [0.2, 0.25) is 0 Å². The van der Waals surface area contributed by atoms with Crippen molar-refractivity contribution in [2.75, 3.05) is 24.3 Å². The third-order valence-corrected chi connectivity index (χ3v) is 3.09. The van der Waals surface area contributed by atoms with Crippen LogP contribution in [-0.2, 0) is 0 Å². The summed E-state index contributed by atoms with van der Waals surface area (Å²) in [6, 6.07) is 9.23. The first-order valence-electron chi connectivity index (χ1n) is 6.33. The molecule has 0 saturated heterocycles. The van der Waals surface area contributed by atoms with Gasteiger partial charge in [-0.3, -0.25) is 0 Å². The number of halogens is 1. The molecule has 21 heavy (non-hydrogen) atoms. The predicted molar refractivity (Wildman–Crippen MR) is 76.2 cm³/mol. The third kappa shape index (κ3) is 2.54. The minimum Gasteiger partial charge on any atom is -0.486 e. The van der Waals surface area contributed by atoms with E-state index in [0.717, 1.165) is 6.07 Å². The van der Waals surface area contributed by atoms with E-state index in [9.17, 15) is 4.39 Å². The number of fused-ring (bicyclic) bond motifs is 1. The zero-order chi connectivity index (χ0) is 14.8. The summed E-state index contributed by atoms with van der Waals surface area (Å²) in [5.41, 5.74) is 7.65. The molecule has 2 aromatic carbocycles. The molecule has 0 bridgehead atoms. The van der Waals surface area contributed by atoms with Crippen molar-refractivity contribution in [1.29, 1.82) is 5.26 Å². The molecule has 0 radical (unpaired) electrons. The molecule has 1 aliphatic heterocycles. The molecule has 1 aliphatic rings. The molecule has 2 aromatic rings. The van der Waals surface area contributed by atoms with Gasteiger partial charge < -0.3 is 20.5 Å². The minimum atomic E-state index is -0.466. The number of nitrogens with zero attached hydrogens (tertiary/aromatic N) is 1. The van der Waals surface area contributed by atoms with E-state index in [1.54, 1.807) is 12.1 Å². The van der Waals surface area contributed by atoms with Gasteiger partial charge in [0.15, 0.2) is 11.5 Å². The van der Waals surface area contributed by atoms with Gasteiger partial charge in [0, 0.05) is 12.1 Å². The predicted octanol–water partition coefficient (Wildman–Crippen LogP) is 2.79. The van der Waals surface area contributed by atoms with Gasteiger partial charge in [0.05, 0.1) is 22.6 Å². The molecular weight excluding hydrogens is 273 g/mol. The number of nitrogens with two attached hydrogens (primary N) is 1. The Balaban J connectivity index is 1.97. The Morgan fingerprint density at radius 2 is 1.81 bits per heavy atom. The molecule has 6 heteroatoms. The van der Waals surface area contributed by atoms with E-state index in [0.29, 0.717) is 41.8 Å². The van der Waals surface area contributed by atoms with Crippen LogP contribution in [0.15, 0.2) is 30.3 Å². The molecule has 3 N–H and O–H groups in total. The number of nitrogens with one attached hydrogen (secondary N) is 1. The summed E-state index contributed by atoms with van der Waals surface area (Å²) < 4.78 is 24.1. The van der Waals surface area contributed by atoms with Gasteiger partial charge in [-0.15, -0.1) is 0 Å². The number of anilines is 3. The zero-order valence-corrected chi connectivity index (χ0v) is 11.0. The molecule has 0 saturated carbocycles. The topological polar surface area (TPSA) is 80.3 Å². The first-order valence-corrected chi connectivity index (χ1v) is 6.33. The molecule has 0 amide bonds. The van der Waals surface area contributed by atoms with Crippen LogP contribution in [0, 0.1) is 17.1 Å². The van der Waals surface area contributed by atoms with Gasteiger partial charge in [-0.1, -0.05) is 0 Å². The highest BCUT2D eigenvalue weighted by molar-refractivity contribution is 5.78. The number of benzene rings is 2. The van der Waals surface area contributed by atoms with Crippen molar-refractivity contribution in [2.45, 2.75) is 0 Å². The maximum absolute atomic E-state index is 13.1. The van der Waals surface area contributed by atoms with E-state index in [1.807, 2.05) is 6.07 Å². The number of hydrogen-bond donors (Lipinski definition) is 2. The average molecular weight is 285 g/mol. The van der Waals surface area contributed by atoms with Crippen LogP contribution in [0.1, 0.15) is 5.56 Å². The van der Waals surface area contributed by atoms with E-state index >= 15 is 0 Å². The highest BCUT2D eigenvalue weighted by Crippen LogP contribution is 2.38. The first kappa shape index (κ1) is 13.1. The number of rotatable bonds is 2. The van der Waals surface area contributed by atoms with Gasteiger partial charge >= 0.3 is 0 Å². The molecular formula is C15H12FN3O2. The first-order chi connectivity index (χ1) is 10.2. The largest absolute Gasteiger partial charge is 0.486 e. The minimum absolute atomic E-state index is 0.198. The summed E-state index contributed by atoms with van der Waals surface area (Å²) in [7, 11) is 0. The number of ether oxygens (including phenoxy) is 2. The van der Waals surface area contributed by atoms with E-state index in [1.165, 1.54) is 12.1 Å². The van der Waals surface area contributed by atoms with Crippen LogP contribution in [0.3, 0.4) is 0 Å². The average Bonchev–Trinajstić information content (AvgIpc) is 2.49. The SMILES string of the molecule is N#Cc1cc(F)ccc1Nc1cc2c(cc1N)OCCO2. The van der Waals surface area contributed by atoms with Crippen LogP contribution in [0.25, 0.3) is 0 Å². The molecule has 1 heterocycles. The van der Waals surface area contributed by atoms with Crippen molar-refractivity contribution in [2.24, 2.45) is 0 Å². The van der Waals surface area contributed by atoms with E-state index in [2.05, 4.69) is 5.32 Å². The number of nitriles is 1. The van der Waals surface area contributed by atoms with Crippen LogP contribution in [-0.4, -0.2) is 13.2 Å². The van der Waals surface area contributed by atoms with Crippen LogP contribution >= 0.6 is 0 Å². The van der Waals surface area contributed by atoms with Gasteiger partial charge in [-0.2, -0.15) is 5.26 Å². The summed E-state index contributed by atoms with van der Waals surface area (Å²) in [6.45, 7) is 0.951. The Bertz CT molecular complexity index is 740. The highest BCUT2D eigenvalue weighted by atomic mass is 19.1. The Morgan fingerprint density at radius 3 is 2.52 bits per heavy atom. The van der Waals surface area contributed by atoms with Gasteiger partial charge in [0.1, 0.15) is 25.1 Å². The molecule has 0 spiro atoms. The zero-order valence-electron chi connectivity index (χ0n) is 11.0. The highest BCUT2D eigenvalue weighted by Gasteiger charge is 2.15. The smallest absolute Gasteiger partial charge is 0.163 e. The Labute approximate surface area is 120 Å². The molecule has 0 unspecified atom stereocenters. The van der Waals surface area contributed by atoms with Crippen molar-refractivity contribution >= 4 is 17.1 Å². The number of nitrogen functional groups attached to an aromatic ring is 1. The lowest BCUT2D eigenvalue weighted by molar-refractivity contribution is 0.172. The Kier molecular flexibility index (Phi) is 3.24. The van der Waals surface area contributed by atoms with Gasteiger partial charge in [-0.05, 0) is 18.2 Å². The molecule has 3 rings (SSSR count). The Hall–Kier alpha value is -2.94. The quantitative estimate of drug-likeness (QED) is 0.829. The fraction of sp³-hybridized carbons (Fsp3) is 0.133. The molecule has 0 aliphatic carbocycles. The Morgan fingerprint density at radius 1 is 1.10 bits per heavy atom. The lowest BCUT2D eigenvalue weighted by Gasteiger charge is -2.20. The summed E-state index contributed by atoms with van der Waals surface area (Å²) >= 11 is 0. The summed E-state index contributed by atoms with van der Waals surface area (Å²) in [5.74, 6) is 0.703. The second kappa shape index (κ2) is 5.21. The van der Waals surface area contributed by atoms with Crippen LogP contribution in [0.4, 0.5) is 21.5 Å². The van der Waals surface area contributed by atoms with Crippen molar-refractivity contribution < 1.29 is 13.9 Å². The molecule has 0 atom stereocenters. The summed E-state index contributed by atoms with van der Waals surface area (Å²) in [5, 5.41) is 12.1. The van der Waals surface area contributed by atoms with Crippen molar-refractivity contribution in [3.63, 3.8) is 0 Å². The third-order valence-electron chi connectivity index (χ3n) is 3.09. The normalized spacial score (nSPS) is 12.6. The molecule has 0 fully saturated rings. The van der Waals surface area contributed by atoms with E-state index in [-0.39, 0.29) is 5.56 Å². The number of hydrogen-bond acceptors (Lipinski definition) is 5.